The van der Waals surface area contributed by atoms with Crippen molar-refractivity contribution < 1.29 is 8.42 Å². The van der Waals surface area contributed by atoms with Crippen LogP contribution in [-0.4, -0.2) is 43.6 Å². The zero-order chi connectivity index (χ0) is 11.6. The van der Waals surface area contributed by atoms with Gasteiger partial charge in [0.2, 0.25) is 10.0 Å². The van der Waals surface area contributed by atoms with E-state index in [1.54, 1.807) is 4.31 Å². The van der Waals surface area contributed by atoms with E-state index in [0.29, 0.717) is 11.8 Å². The zero-order valence-electron chi connectivity index (χ0n) is 9.98. The topological polar surface area (TPSA) is 49.4 Å². The minimum atomic E-state index is -2.99. The van der Waals surface area contributed by atoms with Crippen molar-refractivity contribution in [2.45, 2.75) is 51.1 Å². The summed E-state index contributed by atoms with van der Waals surface area (Å²) in [4.78, 5) is 0. The lowest BCUT2D eigenvalue weighted by Gasteiger charge is -2.20. The Hall–Kier alpha value is -0.130. The third-order valence-electron chi connectivity index (χ3n) is 3.44. The highest BCUT2D eigenvalue weighted by atomic mass is 32.2. The van der Waals surface area contributed by atoms with Crippen molar-refractivity contribution in [3.8, 4) is 0 Å². The van der Waals surface area contributed by atoms with E-state index in [1.165, 1.54) is 12.8 Å². The molecule has 1 unspecified atom stereocenters. The molecular weight excluding hydrogens is 224 g/mol. The lowest BCUT2D eigenvalue weighted by Crippen LogP contribution is -2.36. The summed E-state index contributed by atoms with van der Waals surface area (Å²) in [7, 11) is -2.99. The lowest BCUT2D eigenvalue weighted by molar-refractivity contribution is 0.407. The Morgan fingerprint density at radius 3 is 2.62 bits per heavy atom. The highest BCUT2D eigenvalue weighted by Gasteiger charge is 2.30. The SMILES string of the molecule is CC1CCCN1S(=O)(=O)CCCNC1CC1. The highest BCUT2D eigenvalue weighted by Crippen LogP contribution is 2.21. The molecule has 1 heterocycles. The Kier molecular flexibility index (Phi) is 3.87. The molecule has 0 spiro atoms. The monoisotopic (exact) mass is 246 g/mol. The predicted molar refractivity (Wildman–Crippen MR) is 64.8 cm³/mol. The fourth-order valence-electron chi connectivity index (χ4n) is 2.29. The minimum absolute atomic E-state index is 0.210. The van der Waals surface area contributed by atoms with Crippen LogP contribution in [-0.2, 0) is 10.0 Å². The van der Waals surface area contributed by atoms with Crippen LogP contribution in [0.2, 0.25) is 0 Å². The summed E-state index contributed by atoms with van der Waals surface area (Å²) >= 11 is 0. The van der Waals surface area contributed by atoms with Gasteiger partial charge in [-0.3, -0.25) is 0 Å². The minimum Gasteiger partial charge on any atom is -0.314 e. The van der Waals surface area contributed by atoms with Gasteiger partial charge in [-0.15, -0.1) is 0 Å². The van der Waals surface area contributed by atoms with Gasteiger partial charge in [-0.25, -0.2) is 8.42 Å². The smallest absolute Gasteiger partial charge is 0.214 e. The largest absolute Gasteiger partial charge is 0.314 e. The van der Waals surface area contributed by atoms with Crippen molar-refractivity contribution >= 4 is 10.0 Å². The fraction of sp³-hybridized carbons (Fsp3) is 1.00. The molecule has 1 aliphatic carbocycles. The first-order valence-corrected chi connectivity index (χ1v) is 7.93. The first-order chi connectivity index (χ1) is 7.59. The zero-order valence-corrected chi connectivity index (χ0v) is 10.8. The molecule has 94 valence electrons. The van der Waals surface area contributed by atoms with E-state index in [-0.39, 0.29) is 6.04 Å². The Bertz CT molecular complexity index is 325. The van der Waals surface area contributed by atoms with Crippen LogP contribution in [0, 0.1) is 0 Å². The molecule has 2 fully saturated rings. The molecule has 1 N–H and O–H groups in total. The standard InChI is InChI=1S/C11H22N2O2S/c1-10-4-2-8-13(10)16(14,15)9-3-7-12-11-5-6-11/h10-12H,2-9H2,1H3. The molecule has 1 saturated heterocycles. The highest BCUT2D eigenvalue weighted by molar-refractivity contribution is 7.89. The Labute approximate surface area is 98.4 Å². The van der Waals surface area contributed by atoms with E-state index in [0.717, 1.165) is 32.4 Å². The Morgan fingerprint density at radius 1 is 1.31 bits per heavy atom. The summed E-state index contributed by atoms with van der Waals surface area (Å²) < 4.78 is 25.7. The summed E-state index contributed by atoms with van der Waals surface area (Å²) in [5.41, 5.74) is 0. The number of nitrogens with one attached hydrogen (secondary N) is 1. The molecule has 5 heteroatoms. The van der Waals surface area contributed by atoms with E-state index >= 15 is 0 Å². The van der Waals surface area contributed by atoms with Crippen LogP contribution in [0.3, 0.4) is 0 Å². The maximum Gasteiger partial charge on any atom is 0.214 e. The number of hydrogen-bond acceptors (Lipinski definition) is 3. The number of rotatable bonds is 6. The summed E-state index contributed by atoms with van der Waals surface area (Å²) in [5, 5.41) is 3.35. The van der Waals surface area contributed by atoms with Crippen LogP contribution in [0.5, 0.6) is 0 Å². The van der Waals surface area contributed by atoms with Crippen molar-refractivity contribution in [2.75, 3.05) is 18.8 Å². The second-order valence-corrected chi connectivity index (χ2v) is 7.04. The Balaban J connectivity index is 1.73. The molecular formula is C11H22N2O2S. The third-order valence-corrected chi connectivity index (χ3v) is 5.50. The van der Waals surface area contributed by atoms with Crippen molar-refractivity contribution in [1.82, 2.24) is 9.62 Å². The van der Waals surface area contributed by atoms with Gasteiger partial charge in [0.1, 0.15) is 0 Å². The van der Waals surface area contributed by atoms with Gasteiger partial charge in [0.25, 0.3) is 0 Å². The van der Waals surface area contributed by atoms with Gasteiger partial charge in [-0.2, -0.15) is 4.31 Å². The van der Waals surface area contributed by atoms with Gasteiger partial charge < -0.3 is 5.32 Å². The van der Waals surface area contributed by atoms with E-state index in [4.69, 9.17) is 0 Å². The average molecular weight is 246 g/mol. The van der Waals surface area contributed by atoms with Gasteiger partial charge in [0.15, 0.2) is 0 Å². The van der Waals surface area contributed by atoms with Gasteiger partial charge in [-0.1, -0.05) is 0 Å². The van der Waals surface area contributed by atoms with Crippen LogP contribution in [0.1, 0.15) is 39.0 Å². The van der Waals surface area contributed by atoms with Crippen molar-refractivity contribution in [2.24, 2.45) is 0 Å². The van der Waals surface area contributed by atoms with Crippen molar-refractivity contribution in [1.29, 1.82) is 0 Å². The fourth-order valence-corrected chi connectivity index (χ4v) is 4.09. The van der Waals surface area contributed by atoms with Crippen LogP contribution in [0.4, 0.5) is 0 Å². The van der Waals surface area contributed by atoms with E-state index < -0.39 is 10.0 Å². The molecule has 1 aliphatic heterocycles. The molecule has 1 saturated carbocycles. The number of hydrogen-bond donors (Lipinski definition) is 1. The summed E-state index contributed by atoms with van der Waals surface area (Å²) in [6.07, 6.45) is 5.29. The first kappa shape index (κ1) is 12.3. The molecule has 1 atom stereocenters. The first-order valence-electron chi connectivity index (χ1n) is 6.32. The molecule has 0 aromatic carbocycles. The lowest BCUT2D eigenvalue weighted by atomic mass is 10.3. The predicted octanol–water partition coefficient (Wildman–Crippen LogP) is 0.943. The van der Waals surface area contributed by atoms with Gasteiger partial charge in [-0.05, 0) is 45.6 Å². The van der Waals surface area contributed by atoms with Crippen LogP contribution in [0.15, 0.2) is 0 Å². The van der Waals surface area contributed by atoms with Crippen LogP contribution < -0.4 is 5.32 Å². The molecule has 0 bridgehead atoms. The van der Waals surface area contributed by atoms with Crippen LogP contribution in [0.25, 0.3) is 0 Å². The number of nitrogens with zero attached hydrogens (tertiary/aromatic N) is 1. The van der Waals surface area contributed by atoms with E-state index in [2.05, 4.69) is 5.32 Å². The van der Waals surface area contributed by atoms with Gasteiger partial charge in [0.05, 0.1) is 5.75 Å². The molecule has 0 amide bonds. The molecule has 0 aromatic heterocycles. The quantitative estimate of drug-likeness (QED) is 0.710. The molecule has 0 radical (unpaired) electrons. The van der Waals surface area contributed by atoms with E-state index in [1.807, 2.05) is 6.92 Å². The van der Waals surface area contributed by atoms with Crippen LogP contribution >= 0.6 is 0 Å². The van der Waals surface area contributed by atoms with Crippen molar-refractivity contribution in [3.05, 3.63) is 0 Å². The molecule has 2 rings (SSSR count). The number of sulfonamides is 1. The maximum atomic E-state index is 12.0. The van der Waals surface area contributed by atoms with Crippen molar-refractivity contribution in [3.63, 3.8) is 0 Å². The molecule has 4 nitrogen and oxygen atoms in total. The normalized spacial score (nSPS) is 27.4. The summed E-state index contributed by atoms with van der Waals surface area (Å²) in [6.45, 7) is 3.57. The summed E-state index contributed by atoms with van der Waals surface area (Å²) in [5.74, 6) is 0.303. The molecule has 16 heavy (non-hydrogen) atoms. The second-order valence-electron chi connectivity index (χ2n) is 5.00. The second kappa shape index (κ2) is 5.02. The van der Waals surface area contributed by atoms with E-state index in [9.17, 15) is 8.42 Å². The average Bonchev–Trinajstić information content (AvgIpc) is 2.94. The summed E-state index contributed by atoms with van der Waals surface area (Å²) in [6, 6.07) is 0.884. The van der Waals surface area contributed by atoms with Gasteiger partial charge in [0, 0.05) is 18.6 Å². The third kappa shape index (κ3) is 3.18. The molecule has 2 aliphatic rings. The molecule has 0 aromatic rings. The Morgan fingerprint density at radius 2 is 2.06 bits per heavy atom. The van der Waals surface area contributed by atoms with Gasteiger partial charge >= 0.3 is 0 Å². The maximum absolute atomic E-state index is 12.0.